The van der Waals surface area contributed by atoms with Crippen molar-refractivity contribution in [3.05, 3.63) is 71.4 Å². The number of ether oxygens (including phenoxy) is 1. The molecular formula is C27H29N5O3S. The maximum atomic E-state index is 12.9. The molecule has 9 heteroatoms. The second kappa shape index (κ2) is 9.66. The molecule has 1 saturated carbocycles. The Labute approximate surface area is 209 Å². The lowest BCUT2D eigenvalue weighted by molar-refractivity contribution is 0.304. The number of H-pyrrole nitrogens is 1. The van der Waals surface area contributed by atoms with E-state index in [-0.39, 0.29) is 5.25 Å². The third kappa shape index (κ3) is 4.66. The molecule has 1 aliphatic carbocycles. The van der Waals surface area contributed by atoms with Crippen LogP contribution in [0, 0.1) is 0 Å². The third-order valence-electron chi connectivity index (χ3n) is 6.39. The SMILES string of the molecule is C=c1[nH]c2c(OCCCn3cnnc3)ccc(-c3cccc(S(=O)(=O)C4CC4)c3)c2/c1=C/C(C)=C\N. The number of aryl methyl sites for hydroxylation is 1. The fraction of sp³-hybridized carbons (Fsp3) is 0.259. The smallest absolute Gasteiger partial charge is 0.181 e. The molecule has 1 fully saturated rings. The zero-order chi connectivity index (χ0) is 25.3. The van der Waals surface area contributed by atoms with Crippen molar-refractivity contribution < 1.29 is 13.2 Å². The van der Waals surface area contributed by atoms with Crippen LogP contribution in [-0.4, -0.2) is 40.0 Å². The van der Waals surface area contributed by atoms with Crippen molar-refractivity contribution in [1.82, 2.24) is 19.7 Å². The molecule has 8 nitrogen and oxygen atoms in total. The Balaban J connectivity index is 1.58. The van der Waals surface area contributed by atoms with Crippen molar-refractivity contribution in [2.45, 2.75) is 42.9 Å². The predicted molar refractivity (Wildman–Crippen MR) is 141 cm³/mol. The van der Waals surface area contributed by atoms with Gasteiger partial charge >= 0.3 is 0 Å². The molecule has 3 N–H and O–H groups in total. The Kier molecular flexibility index (Phi) is 6.40. The van der Waals surface area contributed by atoms with Gasteiger partial charge in [-0.05, 0) is 79.4 Å². The largest absolute Gasteiger partial charge is 0.491 e. The average molecular weight is 504 g/mol. The number of nitrogens with zero attached hydrogens (tertiary/aromatic N) is 3. The molecule has 0 amide bonds. The number of hydrogen-bond donors (Lipinski definition) is 2. The fourth-order valence-corrected chi connectivity index (χ4v) is 6.03. The van der Waals surface area contributed by atoms with Crippen LogP contribution in [0.2, 0.25) is 0 Å². The molecule has 186 valence electrons. The first-order valence-electron chi connectivity index (χ1n) is 11.9. The summed E-state index contributed by atoms with van der Waals surface area (Å²) in [5.41, 5.74) is 9.18. The average Bonchev–Trinajstić information content (AvgIpc) is 3.54. The predicted octanol–water partition coefficient (Wildman–Crippen LogP) is 2.88. The van der Waals surface area contributed by atoms with Crippen molar-refractivity contribution in [3.63, 3.8) is 0 Å². The molecule has 2 aromatic heterocycles. The summed E-state index contributed by atoms with van der Waals surface area (Å²) in [5, 5.41) is 9.92. The van der Waals surface area contributed by atoms with Crippen LogP contribution < -0.4 is 21.0 Å². The number of benzene rings is 2. The first kappa shape index (κ1) is 23.9. The van der Waals surface area contributed by atoms with Crippen LogP contribution in [0.1, 0.15) is 26.2 Å². The summed E-state index contributed by atoms with van der Waals surface area (Å²) in [6, 6.07) is 11.1. The topological polar surface area (TPSA) is 116 Å². The molecule has 0 unspecified atom stereocenters. The summed E-state index contributed by atoms with van der Waals surface area (Å²) in [6.07, 6.45) is 9.13. The molecule has 4 aromatic rings. The van der Waals surface area contributed by atoms with Gasteiger partial charge in [-0.1, -0.05) is 18.7 Å². The van der Waals surface area contributed by atoms with Gasteiger partial charge < -0.3 is 20.0 Å². The molecule has 5 rings (SSSR count). The van der Waals surface area contributed by atoms with Gasteiger partial charge in [-0.3, -0.25) is 0 Å². The van der Waals surface area contributed by atoms with Gasteiger partial charge in [-0.25, -0.2) is 8.42 Å². The maximum absolute atomic E-state index is 12.9. The van der Waals surface area contributed by atoms with E-state index in [1.807, 2.05) is 35.8 Å². The molecule has 0 saturated heterocycles. The van der Waals surface area contributed by atoms with Crippen LogP contribution >= 0.6 is 0 Å². The molecule has 0 atom stereocenters. The summed E-state index contributed by atoms with van der Waals surface area (Å²) in [5.74, 6) is 0.707. The van der Waals surface area contributed by atoms with Crippen molar-refractivity contribution in [3.8, 4) is 16.9 Å². The summed E-state index contributed by atoms with van der Waals surface area (Å²) >= 11 is 0. The second-order valence-corrected chi connectivity index (χ2v) is 11.3. The number of nitrogens with two attached hydrogens (primary N) is 1. The monoisotopic (exact) mass is 503 g/mol. The molecule has 0 bridgehead atoms. The fourth-order valence-electron chi connectivity index (χ4n) is 4.33. The lowest BCUT2D eigenvalue weighted by Crippen LogP contribution is -2.21. The van der Waals surface area contributed by atoms with Gasteiger partial charge in [0.15, 0.2) is 9.84 Å². The van der Waals surface area contributed by atoms with E-state index in [0.29, 0.717) is 17.3 Å². The van der Waals surface area contributed by atoms with Crippen LogP contribution in [-0.2, 0) is 16.4 Å². The van der Waals surface area contributed by atoms with Crippen LogP contribution in [0.4, 0.5) is 0 Å². The number of aromatic amines is 1. The van der Waals surface area contributed by atoms with Crippen LogP contribution in [0.25, 0.3) is 34.7 Å². The standard InChI is InChI=1S/C27H29N5O3S/c1-18(15-28)13-24-19(2)31-27-25(35-12-4-11-32-16-29-30-17-32)10-9-23(26(24)27)20-5-3-6-22(14-20)36(33,34)21-7-8-21/h3,5-6,9-10,13-17,21,31H,2,4,7-8,11-12,28H2,1H3/b18-15-,24-13+. The first-order valence-corrected chi connectivity index (χ1v) is 13.5. The first-order chi connectivity index (χ1) is 17.4. The van der Waals surface area contributed by atoms with Crippen molar-refractivity contribution in [2.24, 2.45) is 5.73 Å². The maximum Gasteiger partial charge on any atom is 0.181 e. The Bertz CT molecular complexity index is 1650. The van der Waals surface area contributed by atoms with Gasteiger partial charge in [-0.15, -0.1) is 10.2 Å². The highest BCUT2D eigenvalue weighted by Gasteiger charge is 2.36. The molecule has 0 radical (unpaired) electrons. The van der Waals surface area contributed by atoms with Gasteiger partial charge in [0.05, 0.1) is 22.3 Å². The lowest BCUT2D eigenvalue weighted by Gasteiger charge is -2.12. The Morgan fingerprint density at radius 3 is 2.75 bits per heavy atom. The van der Waals surface area contributed by atoms with Crippen LogP contribution in [0.15, 0.2) is 65.7 Å². The lowest BCUT2D eigenvalue weighted by atomic mass is 9.99. The summed E-state index contributed by atoms with van der Waals surface area (Å²) in [7, 11) is -3.31. The Hall–Kier alpha value is -3.85. The van der Waals surface area contributed by atoms with E-state index in [2.05, 4.69) is 21.8 Å². The molecule has 0 aliphatic heterocycles. The molecule has 36 heavy (non-hydrogen) atoms. The van der Waals surface area contributed by atoms with E-state index in [4.69, 9.17) is 10.5 Å². The highest BCUT2D eigenvalue weighted by atomic mass is 32.2. The van der Waals surface area contributed by atoms with Crippen molar-refractivity contribution in [1.29, 1.82) is 0 Å². The van der Waals surface area contributed by atoms with E-state index in [1.54, 1.807) is 37.1 Å². The number of rotatable bonds is 9. The minimum atomic E-state index is -3.31. The second-order valence-electron chi connectivity index (χ2n) is 9.11. The van der Waals surface area contributed by atoms with Gasteiger partial charge in [0.25, 0.3) is 0 Å². The number of nitrogens with one attached hydrogen (secondary N) is 1. The summed E-state index contributed by atoms with van der Waals surface area (Å²) < 4.78 is 33.9. The third-order valence-corrected chi connectivity index (χ3v) is 8.65. The molecular weight excluding hydrogens is 474 g/mol. The zero-order valence-corrected chi connectivity index (χ0v) is 21.0. The Morgan fingerprint density at radius 2 is 2.03 bits per heavy atom. The van der Waals surface area contributed by atoms with Gasteiger partial charge in [0.2, 0.25) is 0 Å². The number of sulfone groups is 1. The van der Waals surface area contributed by atoms with E-state index >= 15 is 0 Å². The van der Waals surface area contributed by atoms with Crippen LogP contribution in [0.3, 0.4) is 0 Å². The van der Waals surface area contributed by atoms with E-state index in [0.717, 1.165) is 64.0 Å². The summed E-state index contributed by atoms with van der Waals surface area (Å²) in [6.45, 7) is 7.40. The van der Waals surface area contributed by atoms with Gasteiger partial charge in [0.1, 0.15) is 18.4 Å². The molecule has 0 spiro atoms. The highest BCUT2D eigenvalue weighted by Crippen LogP contribution is 2.36. The summed E-state index contributed by atoms with van der Waals surface area (Å²) in [4.78, 5) is 3.74. The number of allylic oxidation sites excluding steroid dienone is 1. The molecule has 2 heterocycles. The van der Waals surface area contributed by atoms with Crippen molar-refractivity contribution >= 4 is 33.4 Å². The number of hydrogen-bond acceptors (Lipinski definition) is 6. The zero-order valence-electron chi connectivity index (χ0n) is 20.1. The van der Waals surface area contributed by atoms with E-state index < -0.39 is 9.84 Å². The number of fused-ring (bicyclic) bond motifs is 1. The quantitative estimate of drug-likeness (QED) is 0.339. The number of aromatic nitrogens is 4. The highest BCUT2D eigenvalue weighted by molar-refractivity contribution is 7.92. The Morgan fingerprint density at radius 1 is 1.25 bits per heavy atom. The van der Waals surface area contributed by atoms with Gasteiger partial charge in [0, 0.05) is 22.5 Å². The normalized spacial score (nSPS) is 15.0. The van der Waals surface area contributed by atoms with Crippen LogP contribution in [0.5, 0.6) is 5.75 Å². The van der Waals surface area contributed by atoms with E-state index in [1.165, 1.54) is 0 Å². The molecule has 1 aliphatic rings. The van der Waals surface area contributed by atoms with Crippen molar-refractivity contribution in [2.75, 3.05) is 6.61 Å². The minimum absolute atomic E-state index is 0.262. The molecule has 2 aromatic carbocycles. The van der Waals surface area contributed by atoms with E-state index in [9.17, 15) is 8.42 Å². The van der Waals surface area contributed by atoms with Gasteiger partial charge in [-0.2, -0.15) is 0 Å². The minimum Gasteiger partial charge on any atom is -0.491 e.